The van der Waals surface area contributed by atoms with Gasteiger partial charge in [0.15, 0.2) is 11.6 Å². The molecule has 6 heteroatoms. The molecule has 7 rings (SSSR count). The second-order valence-corrected chi connectivity index (χ2v) is 10.7. The molecule has 190 valence electrons. The molecule has 3 aromatic carbocycles. The fraction of sp³-hybridized carbons (Fsp3) is 0.250. The summed E-state index contributed by atoms with van der Waals surface area (Å²) in [5, 5.41) is 2.32. The molecule has 4 heterocycles. The van der Waals surface area contributed by atoms with Crippen molar-refractivity contribution in [2.45, 2.75) is 40.0 Å². The van der Waals surface area contributed by atoms with Gasteiger partial charge in [-0.25, -0.2) is 9.97 Å². The fourth-order valence-electron chi connectivity index (χ4n) is 6.15. The third-order valence-corrected chi connectivity index (χ3v) is 8.44. The van der Waals surface area contributed by atoms with Gasteiger partial charge in [-0.3, -0.25) is 0 Å². The maximum absolute atomic E-state index is 5.05. The topological polar surface area (TPSA) is 38.7 Å². The maximum Gasteiger partial charge on any atom is 0.154 e. The van der Waals surface area contributed by atoms with E-state index in [1.807, 2.05) is 0 Å². The molecule has 0 unspecified atom stereocenters. The van der Waals surface area contributed by atoms with Crippen LogP contribution in [-0.4, -0.2) is 36.4 Å². The number of fused-ring (bicyclic) bond motifs is 4. The first-order valence-electron chi connectivity index (χ1n) is 13.3. The largest absolute Gasteiger partial charge is 0.337 e. The number of benzene rings is 3. The Labute approximate surface area is 223 Å². The predicted molar refractivity (Wildman–Crippen MR) is 159 cm³/mol. The molecule has 0 saturated carbocycles. The van der Waals surface area contributed by atoms with Crippen LogP contribution in [0.2, 0.25) is 0 Å². The number of nitrogens with zero attached hydrogens (tertiary/aromatic N) is 6. The third kappa shape index (κ3) is 3.13. The van der Waals surface area contributed by atoms with E-state index in [0.717, 1.165) is 44.8 Å². The number of aromatic nitrogens is 2. The van der Waals surface area contributed by atoms with Crippen LogP contribution >= 0.6 is 0 Å². The summed E-state index contributed by atoms with van der Waals surface area (Å²) in [5.41, 5.74) is 9.27. The van der Waals surface area contributed by atoms with Gasteiger partial charge in [0.2, 0.25) is 0 Å². The highest BCUT2D eigenvalue weighted by Gasteiger charge is 2.37. The molecule has 2 aliphatic heterocycles. The molecule has 0 bridgehead atoms. The molecule has 0 spiro atoms. The Morgan fingerprint density at radius 2 is 1.00 bits per heavy atom. The van der Waals surface area contributed by atoms with Crippen LogP contribution in [0.1, 0.15) is 25.0 Å². The molecule has 0 fully saturated rings. The van der Waals surface area contributed by atoms with Crippen LogP contribution in [0.3, 0.4) is 0 Å². The van der Waals surface area contributed by atoms with E-state index in [1.54, 1.807) is 0 Å². The lowest BCUT2D eigenvalue weighted by Gasteiger charge is -2.33. The monoisotopic (exact) mass is 500 g/mol. The quantitative estimate of drug-likeness (QED) is 0.254. The second kappa shape index (κ2) is 8.09. The van der Waals surface area contributed by atoms with Crippen LogP contribution in [0.4, 0.5) is 34.4 Å². The summed E-state index contributed by atoms with van der Waals surface area (Å²) in [4.78, 5) is 19.6. The molecule has 2 atom stereocenters. The molecule has 0 aliphatic carbocycles. The Bertz CT molecular complexity index is 1620. The minimum Gasteiger partial charge on any atom is -0.337 e. The van der Waals surface area contributed by atoms with E-state index >= 15 is 0 Å². The van der Waals surface area contributed by atoms with Crippen molar-refractivity contribution >= 4 is 56.2 Å². The summed E-state index contributed by atoms with van der Waals surface area (Å²) >= 11 is 0. The highest BCUT2D eigenvalue weighted by atomic mass is 15.4. The lowest BCUT2D eigenvalue weighted by molar-refractivity contribution is 0.721. The van der Waals surface area contributed by atoms with Crippen LogP contribution in [-0.2, 0) is 0 Å². The van der Waals surface area contributed by atoms with Crippen molar-refractivity contribution in [1.82, 2.24) is 9.97 Å². The number of hydrogen-bond acceptors (Lipinski definition) is 6. The van der Waals surface area contributed by atoms with E-state index in [2.05, 4.69) is 134 Å². The number of aryl methyl sites for hydroxylation is 1. The average molecular weight is 501 g/mol. The zero-order valence-corrected chi connectivity index (χ0v) is 22.8. The summed E-state index contributed by atoms with van der Waals surface area (Å²) in [5.74, 6) is 2.04. The zero-order chi connectivity index (χ0) is 26.3. The van der Waals surface area contributed by atoms with Crippen molar-refractivity contribution in [2.75, 3.05) is 33.7 Å². The summed E-state index contributed by atoms with van der Waals surface area (Å²) in [6.45, 7) is 8.96. The number of rotatable bonds is 2. The van der Waals surface area contributed by atoms with Crippen molar-refractivity contribution in [3.63, 3.8) is 0 Å². The van der Waals surface area contributed by atoms with E-state index in [9.17, 15) is 0 Å². The first-order chi connectivity index (χ1) is 18.3. The van der Waals surface area contributed by atoms with Gasteiger partial charge < -0.3 is 19.6 Å². The van der Waals surface area contributed by atoms with Gasteiger partial charge in [-0.05, 0) is 75.2 Å². The first-order valence-corrected chi connectivity index (χ1v) is 13.3. The molecular formula is C32H32N6. The normalized spacial score (nSPS) is 18.6. The molecule has 0 saturated heterocycles. The summed E-state index contributed by atoms with van der Waals surface area (Å²) in [6.07, 6.45) is 0.276. The second-order valence-electron chi connectivity index (χ2n) is 10.7. The van der Waals surface area contributed by atoms with E-state index in [1.165, 1.54) is 22.5 Å². The molecule has 2 aliphatic rings. The Morgan fingerprint density at radius 3 is 1.45 bits per heavy atom. The average Bonchev–Trinajstić information content (AvgIpc) is 3.30. The third-order valence-electron chi connectivity index (χ3n) is 8.44. The van der Waals surface area contributed by atoms with Gasteiger partial charge in [-0.15, -0.1) is 0 Å². The van der Waals surface area contributed by atoms with Crippen molar-refractivity contribution < 1.29 is 0 Å². The number of hydrogen-bond donors (Lipinski definition) is 0. The van der Waals surface area contributed by atoms with Crippen molar-refractivity contribution in [2.24, 2.45) is 0 Å². The maximum atomic E-state index is 5.05. The van der Waals surface area contributed by atoms with Crippen molar-refractivity contribution in [1.29, 1.82) is 0 Å². The van der Waals surface area contributed by atoms with Gasteiger partial charge in [0.1, 0.15) is 12.3 Å². The Morgan fingerprint density at radius 1 is 0.579 bits per heavy atom. The van der Waals surface area contributed by atoms with Gasteiger partial charge in [-0.1, -0.05) is 36.4 Å². The molecule has 38 heavy (non-hydrogen) atoms. The van der Waals surface area contributed by atoms with Gasteiger partial charge in [0, 0.05) is 36.2 Å². The number of para-hydroxylation sites is 2. The van der Waals surface area contributed by atoms with Crippen LogP contribution in [0.15, 0.2) is 72.8 Å². The standard InChI is InChI=1S/C32H32N6/c1-19-15-27(37-21(3)35(5)31-29(37)17-23-11-7-9-13-25(23)33-31)20(2)28(16-19)38-22(4)36(6)32-30(38)18-24-12-8-10-14-26(24)34-32/h7-18,21-22H,1-6H3/t21-,22+. The summed E-state index contributed by atoms with van der Waals surface area (Å²) < 4.78 is 0. The molecular weight excluding hydrogens is 468 g/mol. The summed E-state index contributed by atoms with van der Waals surface area (Å²) in [7, 11) is 4.28. The Kier molecular flexibility index (Phi) is 4.86. The van der Waals surface area contributed by atoms with E-state index in [4.69, 9.17) is 9.97 Å². The Balaban J connectivity index is 1.41. The van der Waals surface area contributed by atoms with Gasteiger partial charge >= 0.3 is 0 Å². The van der Waals surface area contributed by atoms with E-state index < -0.39 is 0 Å². The number of pyridine rings is 2. The minimum atomic E-state index is 0.138. The van der Waals surface area contributed by atoms with Crippen LogP contribution in [0, 0.1) is 13.8 Å². The molecule has 2 aromatic heterocycles. The highest BCUT2D eigenvalue weighted by Crippen LogP contribution is 2.49. The molecule has 5 aromatic rings. The predicted octanol–water partition coefficient (Wildman–Crippen LogP) is 7.27. The Hall–Kier alpha value is -4.32. The summed E-state index contributed by atoms with van der Waals surface area (Å²) in [6, 6.07) is 26.0. The minimum absolute atomic E-state index is 0.138. The number of anilines is 6. The lowest BCUT2D eigenvalue weighted by atomic mass is 10.0. The van der Waals surface area contributed by atoms with Crippen molar-refractivity contribution in [3.8, 4) is 0 Å². The molecule has 0 amide bonds. The van der Waals surface area contributed by atoms with E-state index in [-0.39, 0.29) is 12.3 Å². The SMILES string of the molecule is Cc1cc(N2c3cc4ccccc4nc3N(C)[C@H]2C)c(C)c(N2c3cc4ccccc4nc3N(C)[C@@H]2C)c1. The lowest BCUT2D eigenvalue weighted by Crippen LogP contribution is -2.37. The van der Waals surface area contributed by atoms with Gasteiger partial charge in [-0.2, -0.15) is 0 Å². The van der Waals surface area contributed by atoms with E-state index in [0.29, 0.717) is 0 Å². The zero-order valence-electron chi connectivity index (χ0n) is 22.8. The smallest absolute Gasteiger partial charge is 0.154 e. The van der Waals surface area contributed by atoms with Gasteiger partial charge in [0.25, 0.3) is 0 Å². The molecule has 6 nitrogen and oxygen atoms in total. The highest BCUT2D eigenvalue weighted by molar-refractivity contribution is 5.95. The van der Waals surface area contributed by atoms with Crippen LogP contribution in [0.25, 0.3) is 21.8 Å². The molecule has 0 N–H and O–H groups in total. The first kappa shape index (κ1) is 22.8. The van der Waals surface area contributed by atoms with Gasteiger partial charge in [0.05, 0.1) is 22.4 Å². The van der Waals surface area contributed by atoms with Crippen LogP contribution in [0.5, 0.6) is 0 Å². The molecule has 0 radical (unpaired) electrons. The van der Waals surface area contributed by atoms with Crippen LogP contribution < -0.4 is 19.6 Å². The fourth-order valence-corrected chi connectivity index (χ4v) is 6.15. The van der Waals surface area contributed by atoms with Crippen molar-refractivity contribution in [3.05, 3.63) is 83.9 Å².